The van der Waals surface area contributed by atoms with Gasteiger partial charge in [0.1, 0.15) is 0 Å². The monoisotopic (exact) mass is 546 g/mol. The number of aliphatic hydroxyl groups is 1. The second kappa shape index (κ2) is 17.9. The van der Waals surface area contributed by atoms with Gasteiger partial charge >= 0.3 is 5.97 Å². The van der Waals surface area contributed by atoms with Crippen LogP contribution < -0.4 is 0 Å². The molecule has 3 unspecified atom stereocenters. The van der Waals surface area contributed by atoms with Crippen molar-refractivity contribution in [3.63, 3.8) is 0 Å². The number of aliphatic hydroxyl groups excluding tert-OH is 1. The van der Waals surface area contributed by atoms with Crippen LogP contribution in [0.4, 0.5) is 0 Å². The molecular weight excluding hydrogens is 496 g/mol. The van der Waals surface area contributed by atoms with E-state index in [9.17, 15) is 9.90 Å². The van der Waals surface area contributed by atoms with Gasteiger partial charge in [0.2, 0.25) is 0 Å². The molecule has 0 radical (unpaired) electrons. The Morgan fingerprint density at radius 1 is 1.10 bits per heavy atom. The highest BCUT2D eigenvalue weighted by atomic mass is 16.7. The predicted molar refractivity (Wildman–Crippen MR) is 151 cm³/mol. The smallest absolute Gasteiger partial charge is 0.305 e. The summed E-state index contributed by atoms with van der Waals surface area (Å²) < 4.78 is 29.4. The van der Waals surface area contributed by atoms with Gasteiger partial charge in [-0.3, -0.25) is 4.79 Å². The van der Waals surface area contributed by atoms with Crippen LogP contribution in [-0.4, -0.2) is 62.3 Å². The summed E-state index contributed by atoms with van der Waals surface area (Å²) in [6.45, 7) is 5.51. The fraction of sp³-hybridized carbons (Fsp3) is 0.781. The number of esters is 1. The molecule has 2 aliphatic heterocycles. The zero-order chi connectivity index (χ0) is 27.9. The lowest BCUT2D eigenvalue weighted by Gasteiger charge is -2.31. The fourth-order valence-corrected chi connectivity index (χ4v) is 5.66. The van der Waals surface area contributed by atoms with E-state index in [-0.39, 0.29) is 48.5 Å². The lowest BCUT2D eigenvalue weighted by atomic mass is 9.88. The number of hydrogen-bond donors (Lipinski definition) is 1. The van der Waals surface area contributed by atoms with E-state index in [1.165, 1.54) is 7.11 Å². The van der Waals surface area contributed by atoms with Gasteiger partial charge in [0.05, 0.1) is 25.4 Å². The molecule has 2 heterocycles. The summed E-state index contributed by atoms with van der Waals surface area (Å²) in [4.78, 5) is 11.4. The molecule has 220 valence electrons. The second-order valence-corrected chi connectivity index (χ2v) is 11.1. The molecule has 0 aromatic carbocycles. The van der Waals surface area contributed by atoms with Gasteiger partial charge in [-0.25, -0.2) is 0 Å². The van der Waals surface area contributed by atoms with Gasteiger partial charge in [-0.2, -0.15) is 0 Å². The molecule has 0 spiro atoms. The Labute approximate surface area is 235 Å². The summed E-state index contributed by atoms with van der Waals surface area (Å²) in [5.74, 6) is 6.30. The molecule has 1 saturated carbocycles. The number of unbranched alkanes of at least 4 members (excludes halogenated alkanes) is 1. The first-order valence-electron chi connectivity index (χ1n) is 15.0. The topological polar surface area (TPSA) is 83.5 Å². The Balaban J connectivity index is 1.71. The van der Waals surface area contributed by atoms with Gasteiger partial charge in [0.15, 0.2) is 12.6 Å². The number of methoxy groups -OCH3 is 1. The predicted octanol–water partition coefficient (Wildman–Crippen LogP) is 5.70. The van der Waals surface area contributed by atoms with Crippen molar-refractivity contribution < 1.29 is 33.6 Å². The van der Waals surface area contributed by atoms with Gasteiger partial charge in [-0.1, -0.05) is 31.2 Å². The van der Waals surface area contributed by atoms with E-state index in [0.29, 0.717) is 12.8 Å². The summed E-state index contributed by atoms with van der Waals surface area (Å²) in [5.41, 5.74) is 0. The standard InChI is InChI=1S/C32H50O7/c1-4-5-14-24(2)28(38-31-17-10-12-21-36-31)20-19-26-25(15-8-6-7-9-16-30(34)35-3)27(33)23-29(26)39-32-18-11-13-22-37-32/h6,8,19-20,24-29,31-33H,7,9-18,21-23H2,1-3H3/b8-6-,20-19+/t24?,25-,26-,27+,28-,29-,31?,32?/m1/s1. The Morgan fingerprint density at radius 2 is 1.85 bits per heavy atom. The molecule has 3 rings (SSSR count). The lowest BCUT2D eigenvalue weighted by molar-refractivity contribution is -0.193. The van der Waals surface area contributed by atoms with Crippen LogP contribution in [0.2, 0.25) is 0 Å². The van der Waals surface area contributed by atoms with Gasteiger partial charge in [-0.05, 0) is 76.5 Å². The highest BCUT2D eigenvalue weighted by Crippen LogP contribution is 2.40. The zero-order valence-corrected chi connectivity index (χ0v) is 24.2. The molecule has 1 N–H and O–H groups in total. The maximum Gasteiger partial charge on any atom is 0.305 e. The normalized spacial score (nSPS) is 31.2. The molecule has 2 saturated heterocycles. The quantitative estimate of drug-likeness (QED) is 0.129. The Bertz CT molecular complexity index is 816. The number of hydrogen-bond acceptors (Lipinski definition) is 7. The molecule has 3 fully saturated rings. The van der Waals surface area contributed by atoms with Crippen molar-refractivity contribution in [2.45, 2.75) is 122 Å². The van der Waals surface area contributed by atoms with Gasteiger partial charge in [-0.15, -0.1) is 11.8 Å². The Kier molecular flexibility index (Phi) is 14.6. The molecule has 0 aromatic heterocycles. The number of allylic oxidation sites excluding steroid dienone is 2. The van der Waals surface area contributed by atoms with Crippen molar-refractivity contribution >= 4 is 5.97 Å². The van der Waals surface area contributed by atoms with Crippen molar-refractivity contribution in [2.75, 3.05) is 20.3 Å². The first-order valence-corrected chi connectivity index (χ1v) is 15.0. The minimum absolute atomic E-state index is 0.0315. The second-order valence-electron chi connectivity index (χ2n) is 11.1. The molecule has 0 aromatic rings. The van der Waals surface area contributed by atoms with Gasteiger partial charge in [0, 0.05) is 38.4 Å². The third-order valence-corrected chi connectivity index (χ3v) is 8.04. The van der Waals surface area contributed by atoms with E-state index in [2.05, 4.69) is 43.1 Å². The molecule has 3 aliphatic rings. The molecule has 8 atom stereocenters. The van der Waals surface area contributed by atoms with E-state index in [4.69, 9.17) is 23.7 Å². The van der Waals surface area contributed by atoms with Crippen molar-refractivity contribution in [1.29, 1.82) is 0 Å². The maximum atomic E-state index is 11.4. The minimum atomic E-state index is -0.461. The van der Waals surface area contributed by atoms with Crippen LogP contribution in [0.3, 0.4) is 0 Å². The molecule has 39 heavy (non-hydrogen) atoms. The number of carbonyl (C=O) groups excluding carboxylic acids is 1. The summed E-state index contributed by atoms with van der Waals surface area (Å²) in [7, 11) is 1.42. The van der Waals surface area contributed by atoms with Crippen LogP contribution in [0.1, 0.15) is 90.9 Å². The van der Waals surface area contributed by atoms with Crippen LogP contribution >= 0.6 is 0 Å². The highest BCUT2D eigenvalue weighted by Gasteiger charge is 2.42. The maximum absolute atomic E-state index is 11.4. The van der Waals surface area contributed by atoms with Crippen molar-refractivity contribution in [3.8, 4) is 11.8 Å². The highest BCUT2D eigenvalue weighted by molar-refractivity contribution is 5.69. The first kappa shape index (κ1) is 31.8. The third-order valence-electron chi connectivity index (χ3n) is 8.04. The summed E-state index contributed by atoms with van der Waals surface area (Å²) in [5, 5.41) is 11.1. The summed E-state index contributed by atoms with van der Waals surface area (Å²) in [6, 6.07) is 0. The van der Waals surface area contributed by atoms with Crippen molar-refractivity contribution in [3.05, 3.63) is 24.3 Å². The molecule has 0 bridgehead atoms. The van der Waals surface area contributed by atoms with E-state index in [0.717, 1.165) is 77.4 Å². The molecular formula is C32H50O7. The number of carbonyl (C=O) groups is 1. The van der Waals surface area contributed by atoms with E-state index >= 15 is 0 Å². The van der Waals surface area contributed by atoms with Crippen LogP contribution in [0, 0.1) is 29.6 Å². The van der Waals surface area contributed by atoms with Gasteiger partial charge in [0.25, 0.3) is 0 Å². The van der Waals surface area contributed by atoms with Crippen LogP contribution in [0.5, 0.6) is 0 Å². The minimum Gasteiger partial charge on any atom is -0.469 e. The summed E-state index contributed by atoms with van der Waals surface area (Å²) in [6.07, 6.45) is 17.7. The number of rotatable bonds is 14. The molecule has 7 heteroatoms. The first-order chi connectivity index (χ1) is 19.0. The SMILES string of the molecule is CC#CCC(C)[C@@H](/C=C/[C@@H]1[C@@H](C/C=C\CCCC(=O)OC)[C@@H](O)C[C@H]1OC1CCCCO1)OC1CCCCO1. The number of ether oxygens (including phenoxy) is 5. The zero-order valence-electron chi connectivity index (χ0n) is 24.2. The fourth-order valence-electron chi connectivity index (χ4n) is 5.66. The average Bonchev–Trinajstić information content (AvgIpc) is 3.25. The molecule has 7 nitrogen and oxygen atoms in total. The Hall–Kier alpha value is -1.69. The summed E-state index contributed by atoms with van der Waals surface area (Å²) >= 11 is 0. The van der Waals surface area contributed by atoms with Crippen LogP contribution in [0.15, 0.2) is 24.3 Å². The molecule has 1 aliphatic carbocycles. The average molecular weight is 547 g/mol. The van der Waals surface area contributed by atoms with Crippen LogP contribution in [-0.2, 0) is 28.5 Å². The van der Waals surface area contributed by atoms with E-state index in [1.807, 2.05) is 6.92 Å². The lowest BCUT2D eigenvalue weighted by Crippen LogP contribution is -2.32. The third kappa shape index (κ3) is 11.0. The van der Waals surface area contributed by atoms with Crippen LogP contribution in [0.25, 0.3) is 0 Å². The van der Waals surface area contributed by atoms with E-state index in [1.54, 1.807) is 0 Å². The largest absolute Gasteiger partial charge is 0.469 e. The Morgan fingerprint density at radius 3 is 2.51 bits per heavy atom. The van der Waals surface area contributed by atoms with Crippen molar-refractivity contribution in [1.82, 2.24) is 0 Å². The van der Waals surface area contributed by atoms with E-state index < -0.39 is 6.10 Å². The van der Waals surface area contributed by atoms with Crippen molar-refractivity contribution in [2.24, 2.45) is 17.8 Å². The molecule has 0 amide bonds. The van der Waals surface area contributed by atoms with Gasteiger partial charge < -0.3 is 28.8 Å².